The van der Waals surface area contributed by atoms with Crippen LogP contribution in [-0.2, 0) is 26.1 Å². The summed E-state index contributed by atoms with van der Waals surface area (Å²) in [6.45, 7) is 2.44. The van der Waals surface area contributed by atoms with E-state index in [1.165, 1.54) is 0 Å². The zero-order valence-electron chi connectivity index (χ0n) is 11.6. The largest absolute Gasteiger partial charge is 0.481 e. The molecule has 110 valence electrons. The van der Waals surface area contributed by atoms with Crippen molar-refractivity contribution in [3.8, 4) is 0 Å². The number of hydrogen-bond acceptors (Lipinski definition) is 3. The molecule has 0 aliphatic carbocycles. The van der Waals surface area contributed by atoms with Crippen molar-refractivity contribution < 1.29 is 18.8 Å². The zero-order valence-corrected chi connectivity index (χ0v) is 12.4. The van der Waals surface area contributed by atoms with Crippen molar-refractivity contribution in [2.45, 2.75) is 37.5 Å². The molecule has 0 aromatic heterocycles. The average Bonchev–Trinajstić information content (AvgIpc) is 2.91. The summed E-state index contributed by atoms with van der Waals surface area (Å²) < 4.78 is 17.5. The van der Waals surface area contributed by atoms with Crippen LogP contribution in [0.2, 0.25) is 0 Å². The van der Waals surface area contributed by atoms with E-state index >= 15 is 0 Å². The molecule has 3 atom stereocenters. The summed E-state index contributed by atoms with van der Waals surface area (Å²) in [5.41, 5.74) is 1.74. The molecule has 1 aromatic carbocycles. The van der Waals surface area contributed by atoms with Crippen molar-refractivity contribution >= 4 is 16.8 Å². The molecule has 0 spiro atoms. The van der Waals surface area contributed by atoms with Crippen molar-refractivity contribution in [2.24, 2.45) is 0 Å². The Morgan fingerprint density at radius 3 is 2.70 bits per heavy atom. The number of aliphatic carboxylic acids is 1. The van der Waals surface area contributed by atoms with Crippen LogP contribution in [0.4, 0.5) is 0 Å². The summed E-state index contributed by atoms with van der Waals surface area (Å²) in [5, 5.41) is 8.95. The Bertz CT molecular complexity index is 477. The number of rotatable bonds is 6. The van der Waals surface area contributed by atoms with Gasteiger partial charge < -0.3 is 9.84 Å². The van der Waals surface area contributed by atoms with Gasteiger partial charge in [0.25, 0.3) is 0 Å². The summed E-state index contributed by atoms with van der Waals surface area (Å²) in [6.07, 6.45) is 2.20. The molecule has 0 amide bonds. The lowest BCUT2D eigenvalue weighted by atomic mass is 10.0. The van der Waals surface area contributed by atoms with Crippen molar-refractivity contribution in [3.05, 3.63) is 35.4 Å². The quantitative estimate of drug-likeness (QED) is 0.875. The number of benzene rings is 1. The van der Waals surface area contributed by atoms with Crippen LogP contribution in [0, 0.1) is 0 Å². The summed E-state index contributed by atoms with van der Waals surface area (Å²) >= 11 is 0. The molecule has 1 saturated heterocycles. The molecule has 2 rings (SSSR count). The van der Waals surface area contributed by atoms with Crippen molar-refractivity contribution in [3.63, 3.8) is 0 Å². The van der Waals surface area contributed by atoms with E-state index < -0.39 is 22.7 Å². The first-order valence-electron chi connectivity index (χ1n) is 6.84. The monoisotopic (exact) mass is 296 g/mol. The summed E-state index contributed by atoms with van der Waals surface area (Å²) in [7, 11) is -0.928. The molecule has 0 saturated carbocycles. The number of carboxylic acids is 1. The van der Waals surface area contributed by atoms with E-state index in [2.05, 4.69) is 0 Å². The van der Waals surface area contributed by atoms with Crippen molar-refractivity contribution in [1.29, 1.82) is 0 Å². The normalized spacial score (nSPS) is 21.6. The van der Waals surface area contributed by atoms with Crippen molar-refractivity contribution in [1.82, 2.24) is 0 Å². The zero-order chi connectivity index (χ0) is 14.5. The minimum Gasteiger partial charge on any atom is -0.481 e. The van der Waals surface area contributed by atoms with Crippen LogP contribution in [0.1, 0.15) is 36.8 Å². The maximum atomic E-state index is 12.0. The van der Waals surface area contributed by atoms with Crippen LogP contribution in [0.15, 0.2) is 24.3 Å². The minimum absolute atomic E-state index is 0.141. The Morgan fingerprint density at radius 2 is 2.15 bits per heavy atom. The molecule has 1 aromatic rings. The van der Waals surface area contributed by atoms with Crippen LogP contribution < -0.4 is 0 Å². The number of hydrogen-bond donors (Lipinski definition) is 1. The van der Waals surface area contributed by atoms with Gasteiger partial charge in [-0.3, -0.25) is 9.00 Å². The molecular weight excluding hydrogens is 276 g/mol. The molecule has 5 heteroatoms. The maximum absolute atomic E-state index is 12.0. The SMILES string of the molecule is CC(C(=O)O)c1ccc(CS(=O)CC2CCCO2)cc1. The lowest BCUT2D eigenvalue weighted by molar-refractivity contribution is -0.138. The van der Waals surface area contributed by atoms with E-state index in [0.717, 1.165) is 30.6 Å². The molecule has 20 heavy (non-hydrogen) atoms. The summed E-state index contributed by atoms with van der Waals surface area (Å²) in [5.74, 6) is -0.254. The van der Waals surface area contributed by atoms with Gasteiger partial charge in [0.2, 0.25) is 0 Å². The first-order valence-corrected chi connectivity index (χ1v) is 8.33. The molecule has 1 N–H and O–H groups in total. The lowest BCUT2D eigenvalue weighted by Gasteiger charge is -2.10. The van der Waals surface area contributed by atoms with Crippen LogP contribution in [0.3, 0.4) is 0 Å². The van der Waals surface area contributed by atoms with Crippen LogP contribution in [0.25, 0.3) is 0 Å². The number of ether oxygens (including phenoxy) is 1. The van der Waals surface area contributed by atoms with Gasteiger partial charge in [-0.05, 0) is 30.9 Å². The van der Waals surface area contributed by atoms with E-state index in [0.29, 0.717) is 11.5 Å². The lowest BCUT2D eigenvalue weighted by Crippen LogP contribution is -2.16. The summed E-state index contributed by atoms with van der Waals surface area (Å²) in [6, 6.07) is 7.33. The third kappa shape index (κ3) is 4.15. The molecule has 1 fully saturated rings. The second-order valence-corrected chi connectivity index (χ2v) is 6.69. The minimum atomic E-state index is -0.928. The highest BCUT2D eigenvalue weighted by atomic mass is 32.2. The van der Waals surface area contributed by atoms with Crippen molar-refractivity contribution in [2.75, 3.05) is 12.4 Å². The van der Waals surface area contributed by atoms with Gasteiger partial charge in [-0.15, -0.1) is 0 Å². The third-order valence-corrected chi connectivity index (χ3v) is 4.97. The summed E-state index contributed by atoms with van der Waals surface area (Å²) in [4.78, 5) is 10.9. The molecule has 1 aliphatic rings. The van der Waals surface area contributed by atoms with Gasteiger partial charge in [0.1, 0.15) is 0 Å². The number of carbonyl (C=O) groups is 1. The fourth-order valence-electron chi connectivity index (χ4n) is 2.27. The highest BCUT2D eigenvalue weighted by Gasteiger charge is 2.18. The van der Waals surface area contributed by atoms with Gasteiger partial charge in [0, 0.05) is 23.2 Å². The smallest absolute Gasteiger partial charge is 0.310 e. The van der Waals surface area contributed by atoms with Crippen LogP contribution in [0.5, 0.6) is 0 Å². The molecular formula is C15H20O4S. The molecule has 0 bridgehead atoms. The molecule has 1 heterocycles. The van der Waals surface area contributed by atoms with E-state index in [1.54, 1.807) is 19.1 Å². The predicted octanol–water partition coefficient (Wildman–Crippen LogP) is 2.30. The first kappa shape index (κ1) is 15.2. The average molecular weight is 296 g/mol. The van der Waals surface area contributed by atoms with E-state index in [1.807, 2.05) is 12.1 Å². The van der Waals surface area contributed by atoms with Gasteiger partial charge in [0.15, 0.2) is 0 Å². The van der Waals surface area contributed by atoms with Gasteiger partial charge in [0.05, 0.1) is 17.8 Å². The second-order valence-electron chi connectivity index (χ2n) is 5.19. The second kappa shape index (κ2) is 6.99. The van der Waals surface area contributed by atoms with E-state index in [-0.39, 0.29) is 6.10 Å². The fraction of sp³-hybridized carbons (Fsp3) is 0.533. The Labute approximate surface area is 121 Å². The Kier molecular flexibility index (Phi) is 5.31. The van der Waals surface area contributed by atoms with Gasteiger partial charge >= 0.3 is 5.97 Å². The van der Waals surface area contributed by atoms with Crippen LogP contribution >= 0.6 is 0 Å². The van der Waals surface area contributed by atoms with Crippen LogP contribution in [-0.4, -0.2) is 33.7 Å². The highest BCUT2D eigenvalue weighted by Crippen LogP contribution is 2.18. The Morgan fingerprint density at radius 1 is 1.45 bits per heavy atom. The first-order chi connectivity index (χ1) is 9.56. The topological polar surface area (TPSA) is 63.6 Å². The van der Waals surface area contributed by atoms with Gasteiger partial charge in [-0.1, -0.05) is 24.3 Å². The maximum Gasteiger partial charge on any atom is 0.310 e. The Balaban J connectivity index is 1.89. The molecule has 4 nitrogen and oxygen atoms in total. The fourth-order valence-corrected chi connectivity index (χ4v) is 3.63. The molecule has 0 radical (unpaired) electrons. The molecule has 1 aliphatic heterocycles. The third-order valence-electron chi connectivity index (χ3n) is 3.57. The van der Waals surface area contributed by atoms with E-state index in [4.69, 9.17) is 9.84 Å². The standard InChI is InChI=1S/C15H20O4S/c1-11(15(16)17)13-6-4-12(5-7-13)9-20(18)10-14-3-2-8-19-14/h4-7,11,14H,2-3,8-10H2,1H3,(H,16,17). The number of carboxylic acid groups (broad SMARTS) is 1. The van der Waals surface area contributed by atoms with Gasteiger partial charge in [-0.25, -0.2) is 0 Å². The Hall–Kier alpha value is -1.20. The van der Waals surface area contributed by atoms with Gasteiger partial charge in [-0.2, -0.15) is 0 Å². The highest BCUT2D eigenvalue weighted by molar-refractivity contribution is 7.84. The van der Waals surface area contributed by atoms with E-state index in [9.17, 15) is 9.00 Å². The predicted molar refractivity (Wildman–Crippen MR) is 78.2 cm³/mol. The molecule has 3 unspecified atom stereocenters.